The zero-order chi connectivity index (χ0) is 14.7. The van der Waals surface area contributed by atoms with Crippen molar-refractivity contribution in [3.63, 3.8) is 0 Å². The van der Waals surface area contributed by atoms with Crippen LogP contribution in [-0.2, 0) is 4.74 Å². The normalized spacial score (nSPS) is 22.4. The second-order valence-electron chi connectivity index (χ2n) is 5.37. The Kier molecular flexibility index (Phi) is 4.55. The van der Waals surface area contributed by atoms with Crippen LogP contribution in [0.2, 0.25) is 0 Å². The molecule has 1 saturated carbocycles. The molecule has 1 fully saturated rings. The number of carbonyl (C=O) groups excluding carboxylic acids is 2. The number of Topliss-reactive ketones (excluding diaryl/α,β-unsaturated/α-hetero) is 1. The number of methoxy groups -OCH3 is 1. The summed E-state index contributed by atoms with van der Waals surface area (Å²) in [5.41, 5.74) is 1.50. The van der Waals surface area contributed by atoms with E-state index >= 15 is 0 Å². The van der Waals surface area contributed by atoms with Crippen LogP contribution in [0.1, 0.15) is 52.0 Å². The smallest absolute Gasteiger partial charge is 0.338 e. The molecule has 0 bridgehead atoms. The van der Waals surface area contributed by atoms with Crippen molar-refractivity contribution in [3.05, 3.63) is 34.9 Å². The quantitative estimate of drug-likeness (QED) is 0.680. The molecule has 20 heavy (non-hydrogen) atoms. The molecule has 2 atom stereocenters. The highest BCUT2D eigenvalue weighted by atomic mass is 16.5. The summed E-state index contributed by atoms with van der Waals surface area (Å²) < 4.78 is 4.78. The topological polar surface area (TPSA) is 63.6 Å². The van der Waals surface area contributed by atoms with Crippen LogP contribution in [0.4, 0.5) is 0 Å². The van der Waals surface area contributed by atoms with Crippen LogP contribution in [-0.4, -0.2) is 30.1 Å². The van der Waals surface area contributed by atoms with Gasteiger partial charge in [-0.05, 0) is 31.7 Å². The Hall–Kier alpha value is -1.68. The number of aliphatic hydroxyl groups is 1. The van der Waals surface area contributed by atoms with Crippen LogP contribution in [0.3, 0.4) is 0 Å². The van der Waals surface area contributed by atoms with E-state index in [0.717, 1.165) is 24.8 Å². The third-order valence-corrected chi connectivity index (χ3v) is 3.95. The van der Waals surface area contributed by atoms with E-state index in [1.165, 1.54) is 7.11 Å². The summed E-state index contributed by atoms with van der Waals surface area (Å²) in [6.07, 6.45) is 2.43. The average Bonchev–Trinajstić information content (AvgIpc) is 2.45. The van der Waals surface area contributed by atoms with Crippen molar-refractivity contribution < 1.29 is 19.4 Å². The second-order valence-corrected chi connectivity index (χ2v) is 5.37. The van der Waals surface area contributed by atoms with Crippen LogP contribution in [0.25, 0.3) is 0 Å². The molecule has 4 heteroatoms. The van der Waals surface area contributed by atoms with E-state index in [4.69, 9.17) is 4.74 Å². The SMILES string of the molecule is COC(=O)c1c(C)cccc1C(=O)[C@@H]1CCC[C@H](O)C1. The number of ketones is 1. The van der Waals surface area contributed by atoms with Crippen LogP contribution < -0.4 is 0 Å². The van der Waals surface area contributed by atoms with Gasteiger partial charge in [-0.2, -0.15) is 0 Å². The van der Waals surface area contributed by atoms with E-state index < -0.39 is 12.1 Å². The first-order valence-electron chi connectivity index (χ1n) is 6.94. The lowest BCUT2D eigenvalue weighted by atomic mass is 9.81. The summed E-state index contributed by atoms with van der Waals surface area (Å²) in [4.78, 5) is 24.5. The first kappa shape index (κ1) is 14.7. The largest absolute Gasteiger partial charge is 0.465 e. The number of aryl methyl sites for hydroxylation is 1. The van der Waals surface area contributed by atoms with Gasteiger partial charge in [0.05, 0.1) is 18.8 Å². The van der Waals surface area contributed by atoms with Crippen LogP contribution in [0, 0.1) is 12.8 Å². The number of ether oxygens (including phenoxy) is 1. The average molecular weight is 276 g/mol. The molecule has 0 amide bonds. The summed E-state index contributed by atoms with van der Waals surface area (Å²) in [7, 11) is 1.31. The lowest BCUT2D eigenvalue weighted by molar-refractivity contribution is 0.0590. The van der Waals surface area contributed by atoms with Gasteiger partial charge < -0.3 is 9.84 Å². The van der Waals surface area contributed by atoms with E-state index in [0.29, 0.717) is 17.5 Å². The van der Waals surface area contributed by atoms with Gasteiger partial charge >= 0.3 is 5.97 Å². The maximum atomic E-state index is 12.6. The predicted octanol–water partition coefficient (Wildman–Crippen LogP) is 2.52. The molecule has 1 aliphatic rings. The van der Waals surface area contributed by atoms with Gasteiger partial charge in [0.25, 0.3) is 0 Å². The molecule has 0 aromatic heterocycles. The number of aliphatic hydroxyl groups excluding tert-OH is 1. The molecule has 108 valence electrons. The Bertz CT molecular complexity index is 521. The van der Waals surface area contributed by atoms with E-state index in [1.54, 1.807) is 25.1 Å². The Labute approximate surface area is 118 Å². The molecule has 4 nitrogen and oxygen atoms in total. The fraction of sp³-hybridized carbons (Fsp3) is 0.500. The Morgan fingerprint density at radius 1 is 1.30 bits per heavy atom. The maximum absolute atomic E-state index is 12.6. The van der Waals surface area contributed by atoms with Gasteiger partial charge in [-0.3, -0.25) is 4.79 Å². The maximum Gasteiger partial charge on any atom is 0.338 e. The molecule has 0 unspecified atom stereocenters. The number of esters is 1. The molecule has 1 N–H and O–H groups in total. The molecule has 1 aliphatic carbocycles. The van der Waals surface area contributed by atoms with E-state index in [1.807, 2.05) is 0 Å². The Morgan fingerprint density at radius 2 is 2.05 bits per heavy atom. The highest BCUT2D eigenvalue weighted by Crippen LogP contribution is 2.29. The standard InChI is InChI=1S/C16H20O4/c1-10-5-3-8-13(14(10)16(19)20-2)15(18)11-6-4-7-12(17)9-11/h3,5,8,11-12,17H,4,6-7,9H2,1-2H3/t11-,12+/m1/s1. The first-order valence-corrected chi connectivity index (χ1v) is 6.94. The van der Waals surface area contributed by atoms with Gasteiger partial charge in [0.2, 0.25) is 0 Å². The molecule has 0 spiro atoms. The molecule has 1 aromatic carbocycles. The fourth-order valence-corrected chi connectivity index (χ4v) is 2.87. The second kappa shape index (κ2) is 6.18. The Balaban J connectivity index is 2.34. The van der Waals surface area contributed by atoms with Crippen molar-refractivity contribution in [2.24, 2.45) is 5.92 Å². The van der Waals surface area contributed by atoms with Gasteiger partial charge in [0, 0.05) is 11.5 Å². The molecule has 0 saturated heterocycles. The molecular formula is C16H20O4. The van der Waals surface area contributed by atoms with E-state index in [2.05, 4.69) is 0 Å². The number of carbonyl (C=O) groups is 2. The van der Waals surface area contributed by atoms with Gasteiger partial charge in [-0.1, -0.05) is 24.6 Å². The Morgan fingerprint density at radius 3 is 2.70 bits per heavy atom. The fourth-order valence-electron chi connectivity index (χ4n) is 2.87. The number of hydrogen-bond acceptors (Lipinski definition) is 4. The number of benzene rings is 1. The van der Waals surface area contributed by atoms with Crippen LogP contribution in [0.5, 0.6) is 0 Å². The number of hydrogen-bond donors (Lipinski definition) is 1. The highest BCUT2D eigenvalue weighted by molar-refractivity contribution is 6.08. The zero-order valence-corrected chi connectivity index (χ0v) is 11.9. The van der Waals surface area contributed by atoms with Crippen molar-refractivity contribution in [2.45, 2.75) is 38.7 Å². The molecular weight excluding hydrogens is 256 g/mol. The minimum atomic E-state index is -0.484. The molecule has 1 aromatic rings. The number of rotatable bonds is 3. The minimum Gasteiger partial charge on any atom is -0.465 e. The monoisotopic (exact) mass is 276 g/mol. The summed E-state index contributed by atoms with van der Waals surface area (Å²) in [5, 5.41) is 9.71. The van der Waals surface area contributed by atoms with Crippen molar-refractivity contribution >= 4 is 11.8 Å². The van der Waals surface area contributed by atoms with Crippen LogP contribution >= 0.6 is 0 Å². The molecule has 0 heterocycles. The van der Waals surface area contributed by atoms with E-state index in [9.17, 15) is 14.7 Å². The highest BCUT2D eigenvalue weighted by Gasteiger charge is 2.30. The summed E-state index contributed by atoms with van der Waals surface area (Å²) >= 11 is 0. The van der Waals surface area contributed by atoms with Crippen LogP contribution in [0.15, 0.2) is 18.2 Å². The van der Waals surface area contributed by atoms with Gasteiger partial charge in [0.15, 0.2) is 5.78 Å². The summed E-state index contributed by atoms with van der Waals surface area (Å²) in [6, 6.07) is 5.23. The first-order chi connectivity index (χ1) is 9.54. The van der Waals surface area contributed by atoms with Crippen molar-refractivity contribution in [1.82, 2.24) is 0 Å². The van der Waals surface area contributed by atoms with Gasteiger partial charge in [0.1, 0.15) is 0 Å². The summed E-state index contributed by atoms with van der Waals surface area (Å²) in [6.45, 7) is 1.79. The lowest BCUT2D eigenvalue weighted by Crippen LogP contribution is -2.27. The summed E-state index contributed by atoms with van der Waals surface area (Å²) in [5.74, 6) is -0.750. The third kappa shape index (κ3) is 2.90. The lowest BCUT2D eigenvalue weighted by Gasteiger charge is -2.25. The molecule has 0 radical (unpaired) electrons. The van der Waals surface area contributed by atoms with E-state index in [-0.39, 0.29) is 11.7 Å². The minimum absolute atomic E-state index is 0.0622. The molecule has 2 rings (SSSR count). The van der Waals surface area contributed by atoms with Crippen molar-refractivity contribution in [2.75, 3.05) is 7.11 Å². The molecule has 0 aliphatic heterocycles. The third-order valence-electron chi connectivity index (χ3n) is 3.95. The van der Waals surface area contributed by atoms with Crippen molar-refractivity contribution in [1.29, 1.82) is 0 Å². The van der Waals surface area contributed by atoms with Crippen molar-refractivity contribution in [3.8, 4) is 0 Å². The van der Waals surface area contributed by atoms with Gasteiger partial charge in [-0.15, -0.1) is 0 Å². The predicted molar refractivity (Wildman–Crippen MR) is 74.8 cm³/mol. The van der Waals surface area contributed by atoms with Gasteiger partial charge in [-0.25, -0.2) is 4.79 Å². The zero-order valence-electron chi connectivity index (χ0n) is 11.9.